The highest BCUT2D eigenvalue weighted by Crippen LogP contribution is 2.42. The summed E-state index contributed by atoms with van der Waals surface area (Å²) >= 11 is 0. The van der Waals surface area contributed by atoms with Gasteiger partial charge in [0.25, 0.3) is 0 Å². The lowest BCUT2D eigenvalue weighted by molar-refractivity contribution is 0.312. The molecule has 4 aromatic heterocycles. The van der Waals surface area contributed by atoms with Gasteiger partial charge in [0.05, 0.1) is 11.9 Å². The zero-order chi connectivity index (χ0) is 37.1. The number of pyridine rings is 2. The summed E-state index contributed by atoms with van der Waals surface area (Å²) in [5.74, 6) is 1.05. The Hall–Kier alpha value is -6.45. The van der Waals surface area contributed by atoms with E-state index >= 15 is 0 Å². The minimum atomic E-state index is -0.343. The van der Waals surface area contributed by atoms with Crippen LogP contribution in [0.15, 0.2) is 140 Å². The first-order valence-corrected chi connectivity index (χ1v) is 18.7. The smallest absolute Gasteiger partial charge is 0.151 e. The second kappa shape index (κ2) is 15.1. The van der Waals surface area contributed by atoms with Crippen molar-refractivity contribution in [2.24, 2.45) is 0 Å². The molecule has 55 heavy (non-hydrogen) atoms. The van der Waals surface area contributed by atoms with E-state index in [1.165, 1.54) is 17.0 Å². The van der Waals surface area contributed by atoms with Crippen LogP contribution in [0.25, 0.3) is 66.3 Å². The Kier molecular flexibility index (Phi) is 9.44. The van der Waals surface area contributed by atoms with Crippen molar-refractivity contribution < 1.29 is 4.39 Å². The number of halogens is 1. The molecule has 0 radical (unpaired) electrons. The van der Waals surface area contributed by atoms with Crippen LogP contribution in [-0.4, -0.2) is 68.5 Å². The number of benzene rings is 4. The number of hydrogen-bond donors (Lipinski definition) is 0. The quantitative estimate of drug-likeness (QED) is 0.168. The summed E-state index contributed by atoms with van der Waals surface area (Å²) in [6.07, 6.45) is 8.77. The topological polar surface area (TPSA) is 83.8 Å². The van der Waals surface area contributed by atoms with Gasteiger partial charge in [-0.05, 0) is 89.5 Å². The van der Waals surface area contributed by atoms with Gasteiger partial charge in [-0.15, -0.1) is 15.3 Å². The number of rotatable bonds is 6. The van der Waals surface area contributed by atoms with Crippen molar-refractivity contribution in [3.63, 3.8) is 0 Å². The Balaban J connectivity index is 0.000000145. The maximum atomic E-state index is 14.5. The maximum absolute atomic E-state index is 14.5. The second-order valence-electron chi connectivity index (χ2n) is 14.3. The van der Waals surface area contributed by atoms with E-state index in [4.69, 9.17) is 5.10 Å². The van der Waals surface area contributed by atoms with Crippen LogP contribution >= 0.6 is 0 Å². The van der Waals surface area contributed by atoms with Gasteiger partial charge in [-0.25, -0.2) is 4.39 Å². The molecule has 1 saturated carbocycles. The number of anilines is 1. The van der Waals surface area contributed by atoms with Gasteiger partial charge >= 0.3 is 0 Å². The van der Waals surface area contributed by atoms with Crippen LogP contribution < -0.4 is 4.90 Å². The second-order valence-corrected chi connectivity index (χ2v) is 14.3. The minimum absolute atomic E-state index is 0.343. The van der Waals surface area contributed by atoms with Crippen LogP contribution in [0.1, 0.15) is 24.5 Å². The average molecular weight is 723 g/mol. The van der Waals surface area contributed by atoms with E-state index in [0.717, 1.165) is 94.8 Å². The van der Waals surface area contributed by atoms with E-state index in [0.29, 0.717) is 17.2 Å². The summed E-state index contributed by atoms with van der Waals surface area (Å²) in [4.78, 5) is 12.7. The number of piperazine rings is 1. The molecular weight excluding hydrogens is 684 g/mol. The van der Waals surface area contributed by atoms with Crippen molar-refractivity contribution in [2.75, 3.05) is 38.1 Å². The summed E-state index contributed by atoms with van der Waals surface area (Å²) in [7, 11) is 2.16. The van der Waals surface area contributed by atoms with Gasteiger partial charge in [0.2, 0.25) is 0 Å². The fraction of sp³-hybridized carbons (Fsp3) is 0.174. The summed E-state index contributed by atoms with van der Waals surface area (Å²) in [6.45, 7) is 4.02. The molecule has 0 spiro atoms. The van der Waals surface area contributed by atoms with Gasteiger partial charge in [0.1, 0.15) is 17.2 Å². The van der Waals surface area contributed by atoms with Gasteiger partial charge in [0, 0.05) is 78.5 Å². The fourth-order valence-electron chi connectivity index (χ4n) is 7.21. The van der Waals surface area contributed by atoms with Gasteiger partial charge in [0.15, 0.2) is 5.82 Å². The molecule has 0 bridgehead atoms. The molecule has 270 valence electrons. The van der Waals surface area contributed by atoms with E-state index < -0.39 is 0 Å². The summed E-state index contributed by atoms with van der Waals surface area (Å²) < 4.78 is 14.5. The van der Waals surface area contributed by atoms with Crippen molar-refractivity contribution >= 4 is 27.4 Å². The molecule has 8 nitrogen and oxygen atoms in total. The number of hydrogen-bond acceptors (Lipinski definition) is 8. The molecule has 10 rings (SSSR count). The molecule has 0 unspecified atom stereocenters. The Labute approximate surface area is 319 Å². The normalized spacial score (nSPS) is 14.5. The third kappa shape index (κ3) is 7.39. The Morgan fingerprint density at radius 1 is 0.527 bits per heavy atom. The first-order chi connectivity index (χ1) is 27.1. The molecule has 1 saturated heterocycles. The SMILES string of the molecule is CN1CCN(c2cc(-c3ccncc3)c(-c3ccc4ccccc4c3)nn2)CC1.Fc1cnccc1-c1cc(C2CC2)nnc1-c1ccc2ccccc2c1. The Morgan fingerprint density at radius 2 is 1.13 bits per heavy atom. The highest BCUT2D eigenvalue weighted by molar-refractivity contribution is 5.91. The average Bonchev–Trinajstić information content (AvgIpc) is 4.10. The van der Waals surface area contributed by atoms with Crippen molar-refractivity contribution in [3.8, 4) is 44.8 Å². The van der Waals surface area contributed by atoms with E-state index in [2.05, 4.69) is 115 Å². The molecule has 1 aliphatic carbocycles. The first-order valence-electron chi connectivity index (χ1n) is 18.7. The van der Waals surface area contributed by atoms with Crippen molar-refractivity contribution in [1.82, 2.24) is 35.3 Å². The third-order valence-electron chi connectivity index (χ3n) is 10.5. The van der Waals surface area contributed by atoms with E-state index in [1.807, 2.05) is 48.8 Å². The van der Waals surface area contributed by atoms with E-state index in [-0.39, 0.29) is 5.82 Å². The Morgan fingerprint density at radius 3 is 1.76 bits per heavy atom. The van der Waals surface area contributed by atoms with E-state index in [1.54, 1.807) is 12.3 Å². The summed E-state index contributed by atoms with van der Waals surface area (Å²) in [5, 5.41) is 23.0. The molecule has 8 aromatic rings. The lowest BCUT2D eigenvalue weighted by atomic mass is 9.97. The van der Waals surface area contributed by atoms with Gasteiger partial charge < -0.3 is 9.80 Å². The number of fused-ring (bicyclic) bond motifs is 2. The molecular formula is C46H39FN8. The van der Waals surface area contributed by atoms with Gasteiger partial charge in [-0.3, -0.25) is 9.97 Å². The molecule has 0 amide bonds. The maximum Gasteiger partial charge on any atom is 0.151 e. The fourth-order valence-corrected chi connectivity index (χ4v) is 7.21. The lowest BCUT2D eigenvalue weighted by Gasteiger charge is -2.33. The monoisotopic (exact) mass is 722 g/mol. The van der Waals surface area contributed by atoms with Crippen LogP contribution in [-0.2, 0) is 0 Å². The predicted octanol–water partition coefficient (Wildman–Crippen LogP) is 9.49. The minimum Gasteiger partial charge on any atom is -0.353 e. The molecule has 0 N–H and O–H groups in total. The van der Waals surface area contributed by atoms with Gasteiger partial charge in [-0.1, -0.05) is 72.8 Å². The molecule has 9 heteroatoms. The van der Waals surface area contributed by atoms with E-state index in [9.17, 15) is 4.39 Å². The van der Waals surface area contributed by atoms with Crippen molar-refractivity contribution in [2.45, 2.75) is 18.8 Å². The summed E-state index contributed by atoms with van der Waals surface area (Å²) in [6, 6.07) is 39.2. The standard InChI is InChI=1S/C24H23N5.C22H16FN3/c1-28-12-14-29(15-13-28)23-17-22(19-8-10-25-11-9-19)24(27-26-23)21-7-6-18-4-2-3-5-20(18)16-21;23-20-13-24-10-9-18(20)19-12-21(15-6-7-15)25-26-22(19)17-8-5-14-3-1-2-4-16(14)11-17/h2-11,16-17H,12-15H2,1H3;1-5,8-13,15H,6-7H2. The number of nitrogens with zero attached hydrogens (tertiary/aromatic N) is 8. The molecule has 2 fully saturated rings. The van der Waals surface area contributed by atoms with Crippen molar-refractivity contribution in [3.05, 3.63) is 152 Å². The van der Waals surface area contributed by atoms with Crippen LogP contribution in [0, 0.1) is 5.82 Å². The zero-order valence-corrected chi connectivity index (χ0v) is 30.6. The number of likely N-dealkylation sites (N-methyl/N-ethyl adjacent to an activating group) is 1. The van der Waals surface area contributed by atoms with Crippen LogP contribution in [0.5, 0.6) is 0 Å². The first kappa shape index (κ1) is 34.3. The molecule has 1 aliphatic heterocycles. The zero-order valence-electron chi connectivity index (χ0n) is 30.6. The highest BCUT2D eigenvalue weighted by Gasteiger charge is 2.27. The highest BCUT2D eigenvalue weighted by atomic mass is 19.1. The van der Waals surface area contributed by atoms with Crippen molar-refractivity contribution in [1.29, 1.82) is 0 Å². The Bertz CT molecular complexity index is 2620. The third-order valence-corrected chi connectivity index (χ3v) is 10.5. The van der Waals surface area contributed by atoms with Gasteiger partial charge in [-0.2, -0.15) is 5.10 Å². The van der Waals surface area contributed by atoms with Crippen LogP contribution in [0.2, 0.25) is 0 Å². The summed E-state index contributed by atoms with van der Waals surface area (Å²) in [5.41, 5.74) is 8.04. The largest absolute Gasteiger partial charge is 0.353 e. The molecule has 5 heterocycles. The van der Waals surface area contributed by atoms with Crippen LogP contribution in [0.3, 0.4) is 0 Å². The molecule has 2 aliphatic rings. The molecule has 4 aromatic carbocycles. The lowest BCUT2D eigenvalue weighted by Crippen LogP contribution is -2.44. The van der Waals surface area contributed by atoms with Crippen LogP contribution in [0.4, 0.5) is 10.2 Å². The molecule has 0 atom stereocenters. The number of aromatic nitrogens is 6. The predicted molar refractivity (Wildman–Crippen MR) is 218 cm³/mol.